The molecule has 1 saturated heterocycles. The first-order valence-electron chi connectivity index (χ1n) is 14.9. The number of halogens is 1. The van der Waals surface area contributed by atoms with Crippen LogP contribution < -0.4 is 14.8 Å². The van der Waals surface area contributed by atoms with Crippen LogP contribution in [0.5, 0.6) is 11.5 Å². The smallest absolute Gasteiger partial charge is 0.310 e. The molecule has 232 valence electrons. The van der Waals surface area contributed by atoms with E-state index in [1.807, 2.05) is 36.4 Å². The van der Waals surface area contributed by atoms with Crippen molar-refractivity contribution in [3.63, 3.8) is 0 Å². The third-order valence-corrected chi connectivity index (χ3v) is 8.16. The lowest BCUT2D eigenvalue weighted by molar-refractivity contribution is -0.155. The second-order valence-corrected chi connectivity index (χ2v) is 11.5. The molecule has 0 amide bonds. The molecule has 0 saturated carbocycles. The number of nitrogens with zero attached hydrogens (tertiary/aromatic N) is 3. The van der Waals surface area contributed by atoms with Crippen molar-refractivity contribution < 1.29 is 28.5 Å². The molecule has 1 fully saturated rings. The lowest BCUT2D eigenvalue weighted by Crippen LogP contribution is -2.43. The van der Waals surface area contributed by atoms with E-state index in [1.165, 1.54) is 6.33 Å². The molecular formula is C32H41BrN4O6. The number of carbonyl (C=O) groups is 2. The predicted molar refractivity (Wildman–Crippen MR) is 169 cm³/mol. The fourth-order valence-electron chi connectivity index (χ4n) is 5.52. The lowest BCUT2D eigenvalue weighted by Gasteiger charge is -2.37. The molecule has 2 atom stereocenters. The summed E-state index contributed by atoms with van der Waals surface area (Å²) in [6.45, 7) is 8.30. The summed E-state index contributed by atoms with van der Waals surface area (Å²) in [4.78, 5) is 35.9. The number of hydrogen-bond acceptors (Lipinski definition) is 10. The van der Waals surface area contributed by atoms with E-state index in [0.717, 1.165) is 53.4 Å². The molecule has 1 aliphatic rings. The zero-order valence-corrected chi connectivity index (χ0v) is 26.9. The number of benzene rings is 2. The Morgan fingerprint density at radius 2 is 1.81 bits per heavy atom. The Morgan fingerprint density at radius 1 is 1.05 bits per heavy atom. The van der Waals surface area contributed by atoms with Gasteiger partial charge in [0.05, 0.1) is 38.2 Å². The molecular weight excluding hydrogens is 616 g/mol. The normalized spacial score (nSPS) is 15.5. The highest BCUT2D eigenvalue weighted by Crippen LogP contribution is 2.37. The van der Waals surface area contributed by atoms with Crippen LogP contribution in [0.15, 0.2) is 47.2 Å². The maximum atomic E-state index is 12.6. The summed E-state index contributed by atoms with van der Waals surface area (Å²) in [5.41, 5.74) is 1.65. The molecule has 0 bridgehead atoms. The first-order chi connectivity index (χ1) is 20.8. The molecule has 4 rings (SSSR count). The highest BCUT2D eigenvalue weighted by atomic mass is 79.9. The molecule has 0 aliphatic carbocycles. The van der Waals surface area contributed by atoms with Gasteiger partial charge in [-0.25, -0.2) is 9.97 Å². The van der Waals surface area contributed by atoms with Gasteiger partial charge in [0.25, 0.3) is 0 Å². The summed E-state index contributed by atoms with van der Waals surface area (Å²) in [5.74, 6) is 0.999. The van der Waals surface area contributed by atoms with Crippen molar-refractivity contribution in [1.29, 1.82) is 0 Å². The number of piperidine rings is 1. The van der Waals surface area contributed by atoms with Crippen molar-refractivity contribution in [1.82, 2.24) is 14.9 Å². The summed E-state index contributed by atoms with van der Waals surface area (Å²) in [5, 5.41) is 4.20. The zero-order valence-electron chi connectivity index (χ0n) is 25.3. The number of esters is 2. The maximum absolute atomic E-state index is 12.6. The van der Waals surface area contributed by atoms with Gasteiger partial charge in [0, 0.05) is 28.2 Å². The van der Waals surface area contributed by atoms with Crippen LogP contribution in [0.25, 0.3) is 10.9 Å². The Morgan fingerprint density at radius 3 is 2.49 bits per heavy atom. The van der Waals surface area contributed by atoms with Gasteiger partial charge in [0.2, 0.25) is 0 Å². The quantitative estimate of drug-likeness (QED) is 0.203. The summed E-state index contributed by atoms with van der Waals surface area (Å²) in [6, 6.07) is 11.7. The van der Waals surface area contributed by atoms with E-state index >= 15 is 0 Å². The number of fused-ring (bicyclic) bond motifs is 1. The van der Waals surface area contributed by atoms with Crippen molar-refractivity contribution in [2.24, 2.45) is 11.8 Å². The van der Waals surface area contributed by atoms with E-state index in [9.17, 15) is 9.59 Å². The molecule has 0 spiro atoms. The average molecular weight is 658 g/mol. The first kappa shape index (κ1) is 32.5. The van der Waals surface area contributed by atoms with Gasteiger partial charge in [-0.05, 0) is 76.4 Å². The SMILES string of the molecule is CCOC(=O)CC(CN1CCC(C(CC)Oc2cc3ncnc(Nc4cccc(Br)c4)c3cc2OC)CC1)C(=O)OCC. The van der Waals surface area contributed by atoms with Crippen LogP contribution in [0, 0.1) is 11.8 Å². The van der Waals surface area contributed by atoms with Crippen molar-refractivity contribution >= 4 is 50.3 Å². The molecule has 10 nitrogen and oxygen atoms in total. The van der Waals surface area contributed by atoms with Crippen molar-refractivity contribution in [3.05, 3.63) is 47.2 Å². The molecule has 2 unspecified atom stereocenters. The number of aromatic nitrogens is 2. The second-order valence-electron chi connectivity index (χ2n) is 10.5. The summed E-state index contributed by atoms with van der Waals surface area (Å²) in [7, 11) is 1.63. The van der Waals surface area contributed by atoms with Crippen LogP contribution in [-0.4, -0.2) is 72.9 Å². The Bertz CT molecular complexity index is 1380. The Balaban J connectivity index is 1.43. The Kier molecular flexibility index (Phi) is 12.0. The van der Waals surface area contributed by atoms with Crippen LogP contribution in [-0.2, 0) is 19.1 Å². The van der Waals surface area contributed by atoms with Crippen LogP contribution >= 0.6 is 15.9 Å². The number of anilines is 2. The molecule has 2 aromatic carbocycles. The van der Waals surface area contributed by atoms with Gasteiger partial charge in [-0.2, -0.15) is 0 Å². The van der Waals surface area contributed by atoms with Gasteiger partial charge in [0.1, 0.15) is 18.2 Å². The summed E-state index contributed by atoms with van der Waals surface area (Å²) >= 11 is 3.51. The number of likely N-dealkylation sites (tertiary alicyclic amines) is 1. The van der Waals surface area contributed by atoms with Crippen LogP contribution in [0.2, 0.25) is 0 Å². The number of carbonyl (C=O) groups excluding carboxylic acids is 2. The van der Waals surface area contributed by atoms with Crippen LogP contribution in [0.1, 0.15) is 46.5 Å². The number of ether oxygens (including phenoxy) is 4. The van der Waals surface area contributed by atoms with E-state index < -0.39 is 5.92 Å². The number of methoxy groups -OCH3 is 1. The van der Waals surface area contributed by atoms with E-state index in [4.69, 9.17) is 18.9 Å². The van der Waals surface area contributed by atoms with Gasteiger partial charge in [-0.15, -0.1) is 0 Å². The highest BCUT2D eigenvalue weighted by Gasteiger charge is 2.32. The summed E-state index contributed by atoms with van der Waals surface area (Å²) in [6.07, 6.45) is 4.20. The third-order valence-electron chi connectivity index (χ3n) is 7.66. The lowest BCUT2D eigenvalue weighted by atomic mass is 9.89. The molecule has 2 heterocycles. The molecule has 43 heavy (non-hydrogen) atoms. The van der Waals surface area contributed by atoms with Gasteiger partial charge in [-0.1, -0.05) is 28.9 Å². The minimum atomic E-state index is -0.541. The van der Waals surface area contributed by atoms with Crippen LogP contribution in [0.4, 0.5) is 11.5 Å². The van der Waals surface area contributed by atoms with Gasteiger partial charge in [-0.3, -0.25) is 9.59 Å². The standard InChI is InChI=1S/C32H41BrN4O6/c1-5-27(21-11-13-37(14-12-21)19-22(32(39)42-7-3)15-30(38)41-6-2)43-29-18-26-25(17-28(29)40-4)31(35-20-34-26)36-24-10-8-9-23(33)16-24/h8-10,16-18,20-22,27H,5-7,11-15,19H2,1-4H3,(H,34,35,36). The largest absolute Gasteiger partial charge is 0.493 e. The summed E-state index contributed by atoms with van der Waals surface area (Å²) < 4.78 is 23.7. The van der Waals surface area contributed by atoms with E-state index in [-0.39, 0.29) is 37.7 Å². The minimum absolute atomic E-state index is 0.0185. The molecule has 0 radical (unpaired) electrons. The van der Waals surface area contributed by atoms with Crippen molar-refractivity contribution in [2.45, 2.75) is 52.6 Å². The van der Waals surface area contributed by atoms with Gasteiger partial charge >= 0.3 is 11.9 Å². The average Bonchev–Trinajstić information content (AvgIpc) is 3.00. The molecule has 11 heteroatoms. The third kappa shape index (κ3) is 8.79. The molecule has 1 N–H and O–H groups in total. The fourth-order valence-corrected chi connectivity index (χ4v) is 5.92. The fraction of sp³-hybridized carbons (Fsp3) is 0.500. The van der Waals surface area contributed by atoms with Crippen molar-refractivity contribution in [2.75, 3.05) is 45.3 Å². The number of hydrogen-bond donors (Lipinski definition) is 1. The van der Waals surface area contributed by atoms with Gasteiger partial charge < -0.3 is 29.2 Å². The highest BCUT2D eigenvalue weighted by molar-refractivity contribution is 9.10. The molecule has 1 aliphatic heterocycles. The molecule has 3 aromatic rings. The number of rotatable bonds is 14. The topological polar surface area (TPSA) is 112 Å². The zero-order chi connectivity index (χ0) is 30.8. The Labute approximate surface area is 261 Å². The predicted octanol–water partition coefficient (Wildman–Crippen LogP) is 6.15. The van der Waals surface area contributed by atoms with Crippen LogP contribution in [0.3, 0.4) is 0 Å². The van der Waals surface area contributed by atoms with Crippen molar-refractivity contribution in [3.8, 4) is 11.5 Å². The maximum Gasteiger partial charge on any atom is 0.310 e. The monoisotopic (exact) mass is 656 g/mol. The Hall–Kier alpha value is -3.44. The van der Waals surface area contributed by atoms with E-state index in [1.54, 1.807) is 21.0 Å². The molecule has 1 aromatic heterocycles. The van der Waals surface area contributed by atoms with Gasteiger partial charge in [0.15, 0.2) is 11.5 Å². The van der Waals surface area contributed by atoms with E-state index in [0.29, 0.717) is 29.8 Å². The minimum Gasteiger partial charge on any atom is -0.493 e. The van der Waals surface area contributed by atoms with E-state index in [2.05, 4.69) is 43.0 Å². The first-order valence-corrected chi connectivity index (χ1v) is 15.7. The second kappa shape index (κ2) is 15.9. The number of nitrogens with one attached hydrogen (secondary N) is 1.